The molecule has 2 amide bonds. The molecular weight excluding hydrogens is 194 g/mol. The van der Waals surface area contributed by atoms with E-state index in [1.54, 1.807) is 20.8 Å². The second-order valence-electron chi connectivity index (χ2n) is 4.47. The van der Waals surface area contributed by atoms with E-state index in [1.807, 2.05) is 0 Å². The third kappa shape index (κ3) is 2.72. The summed E-state index contributed by atoms with van der Waals surface area (Å²) in [7, 11) is 0. The molecule has 1 aliphatic heterocycles. The zero-order valence-electron chi connectivity index (χ0n) is 9.24. The van der Waals surface area contributed by atoms with Crippen molar-refractivity contribution in [1.82, 2.24) is 4.90 Å². The van der Waals surface area contributed by atoms with Crippen LogP contribution in [0, 0.1) is 12.3 Å². The zero-order chi connectivity index (χ0) is 11.6. The van der Waals surface area contributed by atoms with Crippen LogP contribution < -0.4 is 0 Å². The van der Waals surface area contributed by atoms with E-state index < -0.39 is 17.7 Å². The maximum absolute atomic E-state index is 11.6. The Morgan fingerprint density at radius 1 is 1.60 bits per heavy atom. The first-order valence-corrected chi connectivity index (χ1v) is 4.86. The van der Waals surface area contributed by atoms with Crippen LogP contribution in [0.2, 0.25) is 0 Å². The highest BCUT2D eigenvalue weighted by Gasteiger charge is 2.37. The molecule has 82 valence electrons. The summed E-state index contributed by atoms with van der Waals surface area (Å²) in [4.78, 5) is 24.1. The molecule has 0 aromatic rings. The average molecular weight is 209 g/mol. The fraction of sp³-hybridized carbons (Fsp3) is 0.636. The summed E-state index contributed by atoms with van der Waals surface area (Å²) in [5.74, 6) is 2.16. The highest BCUT2D eigenvalue weighted by atomic mass is 16.6. The molecule has 1 aliphatic rings. The van der Waals surface area contributed by atoms with Crippen molar-refractivity contribution in [2.75, 3.05) is 0 Å². The Balaban J connectivity index is 2.74. The van der Waals surface area contributed by atoms with Gasteiger partial charge in [-0.2, -0.15) is 0 Å². The number of ether oxygens (including phenoxy) is 1. The van der Waals surface area contributed by atoms with Crippen molar-refractivity contribution >= 4 is 12.0 Å². The second kappa shape index (κ2) is 3.93. The van der Waals surface area contributed by atoms with E-state index >= 15 is 0 Å². The lowest BCUT2D eigenvalue weighted by atomic mass is 10.2. The third-order valence-electron chi connectivity index (χ3n) is 1.99. The van der Waals surface area contributed by atoms with Crippen molar-refractivity contribution in [1.29, 1.82) is 0 Å². The topological polar surface area (TPSA) is 46.6 Å². The molecule has 0 aliphatic carbocycles. The van der Waals surface area contributed by atoms with Crippen LogP contribution >= 0.6 is 0 Å². The first kappa shape index (κ1) is 11.6. The predicted molar refractivity (Wildman–Crippen MR) is 54.9 cm³/mol. The van der Waals surface area contributed by atoms with Crippen molar-refractivity contribution in [2.45, 2.75) is 45.3 Å². The van der Waals surface area contributed by atoms with Gasteiger partial charge >= 0.3 is 6.09 Å². The Labute approximate surface area is 89.6 Å². The Morgan fingerprint density at radius 3 is 2.67 bits per heavy atom. The summed E-state index contributed by atoms with van der Waals surface area (Å²) in [6, 6.07) is -0.452. The van der Waals surface area contributed by atoms with Crippen LogP contribution in [0.25, 0.3) is 0 Å². The van der Waals surface area contributed by atoms with Gasteiger partial charge in [0.05, 0.1) is 0 Å². The van der Waals surface area contributed by atoms with Gasteiger partial charge in [0.1, 0.15) is 11.6 Å². The monoisotopic (exact) mass is 209 g/mol. The Bertz CT molecular complexity index is 322. The Hall–Kier alpha value is -1.50. The number of carbonyl (C=O) groups excluding carboxylic acids is 2. The van der Waals surface area contributed by atoms with Crippen LogP contribution in [-0.2, 0) is 9.53 Å². The lowest BCUT2D eigenvalue weighted by Gasteiger charge is -2.25. The van der Waals surface area contributed by atoms with Gasteiger partial charge in [0.15, 0.2) is 0 Å². The normalized spacial score (nSPS) is 21.3. The number of amides is 2. The van der Waals surface area contributed by atoms with Crippen molar-refractivity contribution in [3.63, 3.8) is 0 Å². The first-order chi connectivity index (χ1) is 6.85. The molecule has 1 rings (SSSR count). The fourth-order valence-electron chi connectivity index (χ4n) is 1.38. The van der Waals surface area contributed by atoms with E-state index in [1.165, 1.54) is 0 Å². The number of likely N-dealkylation sites (tertiary alicyclic amines) is 1. The van der Waals surface area contributed by atoms with E-state index in [-0.39, 0.29) is 5.91 Å². The summed E-state index contributed by atoms with van der Waals surface area (Å²) >= 11 is 0. The Kier molecular flexibility index (Phi) is 3.04. The molecule has 0 spiro atoms. The van der Waals surface area contributed by atoms with E-state index in [0.717, 1.165) is 4.90 Å². The van der Waals surface area contributed by atoms with Gasteiger partial charge < -0.3 is 4.74 Å². The van der Waals surface area contributed by atoms with Crippen molar-refractivity contribution in [3.8, 4) is 12.3 Å². The fourth-order valence-corrected chi connectivity index (χ4v) is 1.38. The predicted octanol–water partition coefficient (Wildman–Crippen LogP) is 1.55. The van der Waals surface area contributed by atoms with E-state index in [0.29, 0.717) is 12.8 Å². The number of hydrogen-bond donors (Lipinski definition) is 0. The minimum absolute atomic E-state index is 0.257. The van der Waals surface area contributed by atoms with Crippen LogP contribution in [0.1, 0.15) is 33.6 Å². The second-order valence-corrected chi connectivity index (χ2v) is 4.47. The molecular formula is C11H15NO3. The molecule has 1 atom stereocenters. The van der Waals surface area contributed by atoms with Crippen molar-refractivity contribution in [3.05, 3.63) is 0 Å². The van der Waals surface area contributed by atoms with Crippen LogP contribution in [0.3, 0.4) is 0 Å². The average Bonchev–Trinajstić information content (AvgIpc) is 2.43. The number of nitrogens with zero attached hydrogens (tertiary/aromatic N) is 1. The molecule has 0 aromatic heterocycles. The summed E-state index contributed by atoms with van der Waals surface area (Å²) in [6.45, 7) is 5.24. The molecule has 1 unspecified atom stereocenters. The summed E-state index contributed by atoms with van der Waals surface area (Å²) in [5.41, 5.74) is -0.612. The molecule has 4 nitrogen and oxygen atoms in total. The smallest absolute Gasteiger partial charge is 0.418 e. The lowest BCUT2D eigenvalue weighted by molar-refractivity contribution is -0.127. The molecule has 1 heterocycles. The third-order valence-corrected chi connectivity index (χ3v) is 1.99. The van der Waals surface area contributed by atoms with Gasteiger partial charge in [0, 0.05) is 6.42 Å². The molecule has 1 fully saturated rings. The highest BCUT2D eigenvalue weighted by molar-refractivity contribution is 5.94. The molecule has 0 aromatic carbocycles. The van der Waals surface area contributed by atoms with Gasteiger partial charge in [-0.1, -0.05) is 5.92 Å². The van der Waals surface area contributed by atoms with Gasteiger partial charge in [0.2, 0.25) is 5.91 Å². The van der Waals surface area contributed by atoms with Crippen LogP contribution in [-0.4, -0.2) is 28.5 Å². The number of hydrogen-bond acceptors (Lipinski definition) is 3. The molecule has 0 N–H and O–H groups in total. The van der Waals surface area contributed by atoms with Gasteiger partial charge in [-0.25, -0.2) is 9.69 Å². The molecule has 15 heavy (non-hydrogen) atoms. The number of terminal acetylenes is 1. The first-order valence-electron chi connectivity index (χ1n) is 4.86. The molecule has 4 heteroatoms. The zero-order valence-corrected chi connectivity index (χ0v) is 9.24. The molecule has 1 saturated heterocycles. The number of rotatable bonds is 0. The van der Waals surface area contributed by atoms with Crippen LogP contribution in [0.4, 0.5) is 4.79 Å². The quantitative estimate of drug-likeness (QED) is 0.568. The minimum Gasteiger partial charge on any atom is -0.443 e. The van der Waals surface area contributed by atoms with Crippen LogP contribution in [0.15, 0.2) is 0 Å². The SMILES string of the molecule is C#CC1CCC(=O)N1C(=O)OC(C)(C)C. The maximum atomic E-state index is 11.6. The summed E-state index contributed by atoms with van der Waals surface area (Å²) in [6.07, 6.45) is 5.43. The minimum atomic E-state index is -0.645. The van der Waals surface area contributed by atoms with E-state index in [9.17, 15) is 9.59 Å². The van der Waals surface area contributed by atoms with Crippen molar-refractivity contribution < 1.29 is 14.3 Å². The van der Waals surface area contributed by atoms with Gasteiger partial charge in [-0.3, -0.25) is 4.79 Å². The molecule has 0 saturated carbocycles. The van der Waals surface area contributed by atoms with E-state index in [4.69, 9.17) is 11.2 Å². The van der Waals surface area contributed by atoms with Crippen LogP contribution in [0.5, 0.6) is 0 Å². The van der Waals surface area contributed by atoms with E-state index in [2.05, 4.69) is 5.92 Å². The maximum Gasteiger partial charge on any atom is 0.418 e. The van der Waals surface area contributed by atoms with Crippen molar-refractivity contribution in [2.24, 2.45) is 0 Å². The molecule has 0 bridgehead atoms. The standard InChI is InChI=1S/C11H15NO3/c1-5-8-6-7-9(13)12(8)10(14)15-11(2,3)4/h1,8H,6-7H2,2-4H3. The number of carbonyl (C=O) groups is 2. The Morgan fingerprint density at radius 2 is 2.20 bits per heavy atom. The summed E-state index contributed by atoms with van der Waals surface area (Å²) < 4.78 is 5.09. The highest BCUT2D eigenvalue weighted by Crippen LogP contribution is 2.21. The van der Waals surface area contributed by atoms with Gasteiger partial charge in [0.25, 0.3) is 0 Å². The van der Waals surface area contributed by atoms with Gasteiger partial charge in [-0.15, -0.1) is 6.42 Å². The molecule has 0 radical (unpaired) electrons. The number of imide groups is 1. The van der Waals surface area contributed by atoms with Gasteiger partial charge in [-0.05, 0) is 27.2 Å². The largest absolute Gasteiger partial charge is 0.443 e. The lowest BCUT2D eigenvalue weighted by Crippen LogP contribution is -2.41. The summed E-state index contributed by atoms with van der Waals surface area (Å²) in [5, 5.41) is 0.